The van der Waals surface area contributed by atoms with Crippen molar-refractivity contribution in [1.82, 2.24) is 20.2 Å². The number of ether oxygens (including phenoxy) is 1. The summed E-state index contributed by atoms with van der Waals surface area (Å²) in [6, 6.07) is 9.75. The van der Waals surface area contributed by atoms with Crippen molar-refractivity contribution in [3.8, 4) is 11.5 Å². The van der Waals surface area contributed by atoms with Crippen molar-refractivity contribution >= 4 is 34.8 Å². The molecule has 160 valence electrons. The first-order valence-electron chi connectivity index (χ1n) is 9.80. The molecular formula is C21H21N5O5. The number of benzene rings is 1. The number of carbonyl (C=O) groups is 3. The third-order valence-corrected chi connectivity index (χ3v) is 4.66. The molecule has 2 heterocycles. The lowest BCUT2D eigenvalue weighted by Gasteiger charge is -2.10. The van der Waals surface area contributed by atoms with Gasteiger partial charge in [0.2, 0.25) is 5.91 Å². The number of aromatic nitrogens is 2. The zero-order chi connectivity index (χ0) is 21.8. The number of carboxylic acid groups (broad SMARTS) is 1. The van der Waals surface area contributed by atoms with Gasteiger partial charge in [0.1, 0.15) is 17.3 Å². The molecule has 0 spiro atoms. The molecule has 0 radical (unpaired) electrons. The quantitative estimate of drug-likeness (QED) is 0.461. The fourth-order valence-electron chi connectivity index (χ4n) is 3.01. The number of urea groups is 1. The van der Waals surface area contributed by atoms with Crippen LogP contribution >= 0.6 is 0 Å². The number of fused-ring (bicyclic) bond motifs is 1. The Bertz CT molecular complexity index is 1140. The predicted octanol–water partition coefficient (Wildman–Crippen LogP) is 3.14. The molecule has 4 N–H and O–H groups in total. The lowest BCUT2D eigenvalue weighted by molar-refractivity contribution is -0.121. The summed E-state index contributed by atoms with van der Waals surface area (Å²) in [4.78, 5) is 38.9. The van der Waals surface area contributed by atoms with Crippen LogP contribution < -0.4 is 20.7 Å². The van der Waals surface area contributed by atoms with Gasteiger partial charge in [0, 0.05) is 42.9 Å². The summed E-state index contributed by atoms with van der Waals surface area (Å²) in [5.74, 6) is 1.17. The third-order valence-electron chi connectivity index (χ3n) is 4.66. The second-order valence-electron chi connectivity index (χ2n) is 7.14. The van der Waals surface area contributed by atoms with Crippen molar-refractivity contribution in [2.75, 3.05) is 11.9 Å². The van der Waals surface area contributed by atoms with E-state index in [-0.39, 0.29) is 24.7 Å². The van der Waals surface area contributed by atoms with E-state index in [0.29, 0.717) is 23.1 Å². The number of nitrogens with one attached hydrogen (secondary N) is 3. The second-order valence-corrected chi connectivity index (χ2v) is 7.14. The second kappa shape index (κ2) is 8.74. The number of carbonyl (C=O) groups excluding carboxylic acids is 2. The Labute approximate surface area is 177 Å². The van der Waals surface area contributed by atoms with Crippen molar-refractivity contribution in [2.45, 2.75) is 25.3 Å². The largest absolute Gasteiger partial charge is 0.464 e. The van der Waals surface area contributed by atoms with E-state index < -0.39 is 12.1 Å². The van der Waals surface area contributed by atoms with E-state index >= 15 is 0 Å². The van der Waals surface area contributed by atoms with Gasteiger partial charge in [-0.05, 0) is 43.2 Å². The predicted molar refractivity (Wildman–Crippen MR) is 112 cm³/mol. The van der Waals surface area contributed by atoms with Gasteiger partial charge in [-0.1, -0.05) is 0 Å². The zero-order valence-corrected chi connectivity index (χ0v) is 16.5. The van der Waals surface area contributed by atoms with Gasteiger partial charge in [-0.2, -0.15) is 0 Å². The SMILES string of the molecule is O=C(CCNC(=O)Nc1cc(Oc2ccc3c(ccn3C(=O)O)c2)ccn1)NC1CC1. The Morgan fingerprint density at radius 3 is 2.71 bits per heavy atom. The molecule has 3 aromatic rings. The molecule has 2 aromatic heterocycles. The summed E-state index contributed by atoms with van der Waals surface area (Å²) in [5.41, 5.74) is 0.555. The molecule has 1 aliphatic rings. The normalized spacial score (nSPS) is 12.9. The van der Waals surface area contributed by atoms with E-state index in [1.807, 2.05) is 0 Å². The number of amides is 3. The summed E-state index contributed by atoms with van der Waals surface area (Å²) in [6.07, 6.45) is 4.16. The minimum atomic E-state index is -1.06. The van der Waals surface area contributed by atoms with Gasteiger partial charge in [0.15, 0.2) is 0 Å². The number of pyridine rings is 1. The first-order valence-corrected chi connectivity index (χ1v) is 9.80. The van der Waals surface area contributed by atoms with E-state index in [2.05, 4.69) is 20.9 Å². The summed E-state index contributed by atoms with van der Waals surface area (Å²) in [5, 5.41) is 18.0. The molecule has 4 rings (SSSR count). The maximum atomic E-state index is 12.0. The molecule has 31 heavy (non-hydrogen) atoms. The summed E-state index contributed by atoms with van der Waals surface area (Å²) in [6.45, 7) is 0.219. The van der Waals surface area contributed by atoms with Crippen LogP contribution in [0.25, 0.3) is 10.9 Å². The van der Waals surface area contributed by atoms with Gasteiger partial charge in [-0.3, -0.25) is 14.7 Å². The highest BCUT2D eigenvalue weighted by Gasteiger charge is 2.22. The van der Waals surface area contributed by atoms with Gasteiger partial charge >= 0.3 is 12.1 Å². The lowest BCUT2D eigenvalue weighted by Crippen LogP contribution is -2.34. The molecule has 3 amide bonds. The van der Waals surface area contributed by atoms with Gasteiger partial charge in [-0.15, -0.1) is 0 Å². The van der Waals surface area contributed by atoms with Crippen LogP contribution in [0.5, 0.6) is 11.5 Å². The maximum Gasteiger partial charge on any atom is 0.415 e. The number of rotatable bonds is 7. The third kappa shape index (κ3) is 5.30. The molecule has 0 atom stereocenters. The van der Waals surface area contributed by atoms with Gasteiger partial charge in [0.05, 0.1) is 5.52 Å². The highest BCUT2D eigenvalue weighted by molar-refractivity contribution is 5.90. The van der Waals surface area contributed by atoms with Crippen LogP contribution in [0.15, 0.2) is 48.8 Å². The van der Waals surface area contributed by atoms with E-state index in [0.717, 1.165) is 22.8 Å². The molecule has 1 fully saturated rings. The monoisotopic (exact) mass is 423 g/mol. The molecule has 10 heteroatoms. The average molecular weight is 423 g/mol. The van der Waals surface area contributed by atoms with Crippen molar-refractivity contribution in [1.29, 1.82) is 0 Å². The number of hydrogen-bond acceptors (Lipinski definition) is 5. The highest BCUT2D eigenvalue weighted by Crippen LogP contribution is 2.27. The van der Waals surface area contributed by atoms with Crippen molar-refractivity contribution in [3.05, 3.63) is 48.8 Å². The summed E-state index contributed by atoms with van der Waals surface area (Å²) in [7, 11) is 0. The molecule has 1 saturated carbocycles. The summed E-state index contributed by atoms with van der Waals surface area (Å²) >= 11 is 0. The molecular weight excluding hydrogens is 402 g/mol. The molecule has 0 bridgehead atoms. The Morgan fingerprint density at radius 1 is 1.13 bits per heavy atom. The van der Waals surface area contributed by atoms with E-state index in [1.165, 1.54) is 12.4 Å². The first kappa shape index (κ1) is 20.2. The minimum absolute atomic E-state index is 0.0769. The van der Waals surface area contributed by atoms with Crippen molar-refractivity contribution in [3.63, 3.8) is 0 Å². The van der Waals surface area contributed by atoms with Crippen LogP contribution in [0.4, 0.5) is 15.4 Å². The Kier molecular flexibility index (Phi) is 5.69. The standard InChI is InChI=1S/C21H21N5O5/c27-19(24-14-1-2-14)6-9-23-20(28)25-18-12-16(5-8-22-18)31-15-3-4-17-13(11-15)7-10-26(17)21(29)30/h3-5,7-8,10-12,14H,1-2,6,9H2,(H,24,27)(H,29,30)(H2,22,23,25,28). The molecule has 1 aromatic carbocycles. The van der Waals surface area contributed by atoms with Crippen LogP contribution in [0, 0.1) is 0 Å². The minimum Gasteiger partial charge on any atom is -0.464 e. The van der Waals surface area contributed by atoms with Crippen LogP contribution in [0.2, 0.25) is 0 Å². The van der Waals surface area contributed by atoms with Crippen LogP contribution in [0.3, 0.4) is 0 Å². The van der Waals surface area contributed by atoms with Crippen molar-refractivity contribution in [2.24, 2.45) is 0 Å². The fourth-order valence-corrected chi connectivity index (χ4v) is 3.01. The van der Waals surface area contributed by atoms with E-state index in [9.17, 15) is 14.4 Å². The van der Waals surface area contributed by atoms with E-state index in [4.69, 9.17) is 9.84 Å². The van der Waals surface area contributed by atoms with Gasteiger partial charge < -0.3 is 20.5 Å². The fraction of sp³-hybridized carbons (Fsp3) is 0.238. The number of anilines is 1. The number of hydrogen-bond donors (Lipinski definition) is 4. The molecule has 0 unspecified atom stereocenters. The average Bonchev–Trinajstić information content (AvgIpc) is 3.43. The molecule has 1 aliphatic carbocycles. The highest BCUT2D eigenvalue weighted by atomic mass is 16.5. The Balaban J connectivity index is 1.32. The van der Waals surface area contributed by atoms with Crippen LogP contribution in [0.1, 0.15) is 19.3 Å². The first-order chi connectivity index (χ1) is 15.0. The topological polar surface area (TPSA) is 135 Å². The maximum absolute atomic E-state index is 12.0. The van der Waals surface area contributed by atoms with Crippen LogP contribution in [-0.4, -0.2) is 45.3 Å². The smallest absolute Gasteiger partial charge is 0.415 e. The van der Waals surface area contributed by atoms with Crippen molar-refractivity contribution < 1.29 is 24.2 Å². The van der Waals surface area contributed by atoms with Gasteiger partial charge in [0.25, 0.3) is 0 Å². The van der Waals surface area contributed by atoms with E-state index in [1.54, 1.807) is 36.4 Å². The Hall–Kier alpha value is -4.08. The lowest BCUT2D eigenvalue weighted by atomic mass is 10.2. The number of nitrogens with zero attached hydrogens (tertiary/aromatic N) is 2. The van der Waals surface area contributed by atoms with Gasteiger partial charge in [-0.25, -0.2) is 14.6 Å². The molecule has 10 nitrogen and oxygen atoms in total. The molecule has 0 saturated heterocycles. The zero-order valence-electron chi connectivity index (χ0n) is 16.5. The van der Waals surface area contributed by atoms with Crippen LogP contribution in [-0.2, 0) is 4.79 Å². The Morgan fingerprint density at radius 2 is 1.94 bits per heavy atom. The summed E-state index contributed by atoms with van der Waals surface area (Å²) < 4.78 is 6.94. The molecule has 0 aliphatic heterocycles.